The summed E-state index contributed by atoms with van der Waals surface area (Å²) in [6.07, 6.45) is 6.37. The van der Waals surface area contributed by atoms with Gasteiger partial charge in [-0.3, -0.25) is 14.8 Å². The van der Waals surface area contributed by atoms with E-state index in [4.69, 9.17) is 0 Å². The molecule has 0 atom stereocenters. The molecule has 2 aliphatic rings. The molecule has 1 saturated carbocycles. The van der Waals surface area contributed by atoms with Gasteiger partial charge < -0.3 is 5.32 Å². The van der Waals surface area contributed by atoms with Gasteiger partial charge >= 0.3 is 0 Å². The molecule has 1 aromatic carbocycles. The summed E-state index contributed by atoms with van der Waals surface area (Å²) in [6, 6.07) is 14.9. The van der Waals surface area contributed by atoms with E-state index in [2.05, 4.69) is 56.5 Å². The molecule has 4 heteroatoms. The van der Waals surface area contributed by atoms with Crippen molar-refractivity contribution in [3.05, 3.63) is 60.4 Å². The number of anilines is 1. The molecule has 24 heavy (non-hydrogen) atoms. The van der Waals surface area contributed by atoms with Crippen LogP contribution >= 0.6 is 0 Å². The van der Waals surface area contributed by atoms with Crippen molar-refractivity contribution >= 4 is 5.69 Å². The molecule has 126 valence electrons. The van der Waals surface area contributed by atoms with E-state index in [1.807, 2.05) is 18.5 Å². The highest BCUT2D eigenvalue weighted by Gasteiger charge is 2.48. The molecule has 4 nitrogen and oxygen atoms in total. The number of hydrogen-bond acceptors (Lipinski definition) is 4. The number of rotatable bonds is 6. The van der Waals surface area contributed by atoms with E-state index in [9.17, 15) is 0 Å². The Morgan fingerprint density at radius 3 is 2.42 bits per heavy atom. The molecule has 0 amide bonds. The molecule has 1 aliphatic heterocycles. The van der Waals surface area contributed by atoms with Crippen LogP contribution in [0.4, 0.5) is 5.69 Å². The Morgan fingerprint density at radius 1 is 0.958 bits per heavy atom. The minimum Gasteiger partial charge on any atom is -0.382 e. The smallest absolute Gasteiger partial charge is 0.0527 e. The Hall–Kier alpha value is -1.91. The molecule has 2 fully saturated rings. The summed E-state index contributed by atoms with van der Waals surface area (Å²) in [5.41, 5.74) is 2.94. The van der Waals surface area contributed by atoms with Gasteiger partial charge in [0.2, 0.25) is 0 Å². The molecule has 2 heterocycles. The van der Waals surface area contributed by atoms with Gasteiger partial charge in [-0.15, -0.1) is 0 Å². The van der Waals surface area contributed by atoms with Crippen LogP contribution in [0, 0.1) is 0 Å². The van der Waals surface area contributed by atoms with E-state index in [0.29, 0.717) is 5.54 Å². The molecule has 2 aromatic rings. The number of benzene rings is 1. The van der Waals surface area contributed by atoms with E-state index < -0.39 is 0 Å². The molecule has 0 bridgehead atoms. The van der Waals surface area contributed by atoms with Crippen molar-refractivity contribution in [3.8, 4) is 0 Å². The molecular formula is C20H26N4. The summed E-state index contributed by atoms with van der Waals surface area (Å²) in [5, 5.41) is 3.58. The van der Waals surface area contributed by atoms with E-state index in [0.717, 1.165) is 18.8 Å². The van der Waals surface area contributed by atoms with Crippen LogP contribution in [0.25, 0.3) is 0 Å². The summed E-state index contributed by atoms with van der Waals surface area (Å²) in [6.45, 7) is 6.82. The van der Waals surface area contributed by atoms with Gasteiger partial charge in [-0.05, 0) is 30.5 Å². The number of nitrogens with one attached hydrogen (secondary N) is 1. The van der Waals surface area contributed by atoms with Crippen molar-refractivity contribution in [2.75, 3.05) is 38.0 Å². The maximum atomic E-state index is 4.19. The lowest BCUT2D eigenvalue weighted by Crippen LogP contribution is -2.53. The standard InChI is InChI=1S/C20H26N4/c1-2-5-18(6-3-1)16-23-11-13-24(14-12-23)20(8-9-20)17-22-19-7-4-10-21-15-19/h1-7,10,15,22H,8-9,11-14,16-17H2. The van der Waals surface area contributed by atoms with Crippen LogP contribution < -0.4 is 5.32 Å². The first-order valence-corrected chi connectivity index (χ1v) is 8.99. The van der Waals surface area contributed by atoms with Crippen molar-refractivity contribution in [2.24, 2.45) is 0 Å². The largest absolute Gasteiger partial charge is 0.382 e. The SMILES string of the molecule is c1ccc(CN2CCN(C3(CNc4cccnc4)CC3)CC2)cc1. The van der Waals surface area contributed by atoms with Crippen LogP contribution in [0.3, 0.4) is 0 Å². The van der Waals surface area contributed by atoms with Gasteiger partial charge in [0.15, 0.2) is 0 Å². The van der Waals surface area contributed by atoms with E-state index in [1.54, 1.807) is 0 Å². The van der Waals surface area contributed by atoms with Crippen LogP contribution in [0.5, 0.6) is 0 Å². The lowest BCUT2D eigenvalue weighted by atomic mass is 10.1. The second-order valence-electron chi connectivity index (χ2n) is 7.07. The van der Waals surface area contributed by atoms with Crippen LogP contribution in [0.2, 0.25) is 0 Å². The normalized spacial score (nSPS) is 20.7. The summed E-state index contributed by atoms with van der Waals surface area (Å²) in [4.78, 5) is 9.47. The lowest BCUT2D eigenvalue weighted by Gasteiger charge is -2.40. The van der Waals surface area contributed by atoms with E-state index in [1.165, 1.54) is 44.6 Å². The highest BCUT2D eigenvalue weighted by atomic mass is 15.3. The fourth-order valence-electron chi connectivity index (χ4n) is 3.70. The summed E-state index contributed by atoms with van der Waals surface area (Å²) in [7, 11) is 0. The molecular weight excluding hydrogens is 296 g/mol. The number of aromatic nitrogens is 1. The Morgan fingerprint density at radius 2 is 1.75 bits per heavy atom. The fraction of sp³-hybridized carbons (Fsp3) is 0.450. The maximum absolute atomic E-state index is 4.19. The summed E-state index contributed by atoms with van der Waals surface area (Å²) < 4.78 is 0. The van der Waals surface area contributed by atoms with Crippen LogP contribution in [-0.4, -0.2) is 53.0 Å². The molecule has 1 aromatic heterocycles. The van der Waals surface area contributed by atoms with Crippen molar-refractivity contribution in [3.63, 3.8) is 0 Å². The predicted octanol–water partition coefficient (Wildman–Crippen LogP) is 2.84. The van der Waals surface area contributed by atoms with Gasteiger partial charge in [0, 0.05) is 57.2 Å². The minimum atomic E-state index is 0.384. The zero-order valence-corrected chi connectivity index (χ0v) is 14.2. The van der Waals surface area contributed by atoms with Crippen molar-refractivity contribution in [1.82, 2.24) is 14.8 Å². The Kier molecular flexibility index (Phi) is 4.50. The molecule has 0 unspecified atom stereocenters. The molecule has 4 rings (SSSR count). The number of hydrogen-bond donors (Lipinski definition) is 1. The third kappa shape index (κ3) is 3.60. The Balaban J connectivity index is 1.28. The van der Waals surface area contributed by atoms with Crippen LogP contribution in [-0.2, 0) is 6.54 Å². The third-order valence-corrected chi connectivity index (χ3v) is 5.40. The first kappa shape index (κ1) is 15.6. The first-order chi connectivity index (χ1) is 11.8. The average Bonchev–Trinajstić information content (AvgIpc) is 3.44. The number of piperazine rings is 1. The van der Waals surface area contributed by atoms with Crippen molar-refractivity contribution < 1.29 is 0 Å². The quantitative estimate of drug-likeness (QED) is 0.886. The summed E-state index contributed by atoms with van der Waals surface area (Å²) >= 11 is 0. The molecule has 1 aliphatic carbocycles. The fourth-order valence-corrected chi connectivity index (χ4v) is 3.70. The second-order valence-corrected chi connectivity index (χ2v) is 7.07. The van der Waals surface area contributed by atoms with Crippen LogP contribution in [0.15, 0.2) is 54.9 Å². The zero-order chi connectivity index (χ0) is 16.2. The third-order valence-electron chi connectivity index (χ3n) is 5.40. The zero-order valence-electron chi connectivity index (χ0n) is 14.2. The van der Waals surface area contributed by atoms with E-state index in [-0.39, 0.29) is 0 Å². The summed E-state index contributed by atoms with van der Waals surface area (Å²) in [5.74, 6) is 0. The van der Waals surface area contributed by atoms with Crippen molar-refractivity contribution in [1.29, 1.82) is 0 Å². The predicted molar refractivity (Wildman–Crippen MR) is 98.0 cm³/mol. The van der Waals surface area contributed by atoms with Gasteiger partial charge in [-0.2, -0.15) is 0 Å². The maximum Gasteiger partial charge on any atom is 0.0527 e. The molecule has 0 spiro atoms. The Bertz CT molecular complexity index is 631. The molecule has 0 radical (unpaired) electrons. The molecule has 1 N–H and O–H groups in total. The molecule has 1 saturated heterocycles. The van der Waals surface area contributed by atoms with Gasteiger partial charge in [0.25, 0.3) is 0 Å². The lowest BCUT2D eigenvalue weighted by molar-refractivity contribution is 0.0856. The second kappa shape index (κ2) is 6.91. The first-order valence-electron chi connectivity index (χ1n) is 8.99. The minimum absolute atomic E-state index is 0.384. The van der Waals surface area contributed by atoms with Gasteiger partial charge in [0.05, 0.1) is 5.69 Å². The van der Waals surface area contributed by atoms with Crippen molar-refractivity contribution in [2.45, 2.75) is 24.9 Å². The van der Waals surface area contributed by atoms with Gasteiger partial charge in [-0.25, -0.2) is 0 Å². The topological polar surface area (TPSA) is 31.4 Å². The average molecular weight is 322 g/mol. The highest BCUT2D eigenvalue weighted by molar-refractivity contribution is 5.40. The number of pyridine rings is 1. The monoisotopic (exact) mass is 322 g/mol. The van der Waals surface area contributed by atoms with E-state index >= 15 is 0 Å². The highest BCUT2D eigenvalue weighted by Crippen LogP contribution is 2.42. The van der Waals surface area contributed by atoms with Crippen LogP contribution in [0.1, 0.15) is 18.4 Å². The number of nitrogens with zero attached hydrogens (tertiary/aromatic N) is 3. The van der Waals surface area contributed by atoms with Gasteiger partial charge in [0.1, 0.15) is 0 Å². The Labute approximate surface area is 144 Å². The van der Waals surface area contributed by atoms with Gasteiger partial charge in [-0.1, -0.05) is 30.3 Å².